The third-order valence-corrected chi connectivity index (χ3v) is 4.19. The minimum Gasteiger partial charge on any atom is -0.465 e. The number of carbonyl (C=O) groups excluding carboxylic acids is 4. The quantitative estimate of drug-likeness (QED) is 0.162. The van der Waals surface area contributed by atoms with Crippen LogP contribution in [-0.2, 0) is 38.1 Å². The molecule has 0 aromatic carbocycles. The van der Waals surface area contributed by atoms with Crippen molar-refractivity contribution in [1.82, 2.24) is 5.32 Å². The van der Waals surface area contributed by atoms with E-state index in [1.165, 1.54) is 0 Å². The predicted molar refractivity (Wildman–Crippen MR) is 94.4 cm³/mol. The SMILES string of the molecule is COC(=O)[C@]1(F)OC([C@H](OC(C)=O)[C@@H](CO)OC(C)=O)[C@H](NC(C)=O)C(N=[N+]=[N-])[C@@H]1F. The van der Waals surface area contributed by atoms with E-state index in [9.17, 15) is 28.7 Å². The first-order valence-electron chi connectivity index (χ1n) is 8.78. The predicted octanol–water partition coefficient (Wildman–Crippen LogP) is -0.399. The van der Waals surface area contributed by atoms with Gasteiger partial charge in [-0.05, 0) is 5.53 Å². The Bertz CT molecular complexity index is 763. The third-order valence-electron chi connectivity index (χ3n) is 4.19. The summed E-state index contributed by atoms with van der Waals surface area (Å²) in [6, 6.07) is -3.81. The van der Waals surface area contributed by atoms with Gasteiger partial charge in [0.1, 0.15) is 6.10 Å². The molecule has 0 saturated carbocycles. The van der Waals surface area contributed by atoms with Crippen molar-refractivity contribution in [1.29, 1.82) is 0 Å². The van der Waals surface area contributed by atoms with Gasteiger partial charge in [-0.2, -0.15) is 4.39 Å². The lowest BCUT2D eigenvalue weighted by atomic mass is 9.86. The molecule has 1 aliphatic rings. The molecule has 0 aromatic heterocycles. The van der Waals surface area contributed by atoms with Gasteiger partial charge in [0.15, 0.2) is 18.4 Å². The maximum Gasteiger partial charge on any atom is 0.375 e. The van der Waals surface area contributed by atoms with Crippen LogP contribution in [0.1, 0.15) is 20.8 Å². The normalized spacial score (nSPS) is 29.5. The van der Waals surface area contributed by atoms with Gasteiger partial charge in [0.25, 0.3) is 0 Å². The van der Waals surface area contributed by atoms with Crippen LogP contribution in [0.25, 0.3) is 10.4 Å². The van der Waals surface area contributed by atoms with E-state index in [-0.39, 0.29) is 0 Å². The van der Waals surface area contributed by atoms with Crippen LogP contribution in [-0.4, -0.2) is 85.1 Å². The first-order chi connectivity index (χ1) is 14.4. The number of halogens is 2. The lowest BCUT2D eigenvalue weighted by molar-refractivity contribution is -0.280. The summed E-state index contributed by atoms with van der Waals surface area (Å²) < 4.78 is 49.3. The van der Waals surface area contributed by atoms with Crippen molar-refractivity contribution >= 4 is 23.8 Å². The summed E-state index contributed by atoms with van der Waals surface area (Å²) in [5, 5.41) is 14.9. The monoisotopic (exact) mass is 452 g/mol. The Morgan fingerprint density at radius 2 is 1.84 bits per heavy atom. The number of aliphatic hydroxyl groups is 1. The van der Waals surface area contributed by atoms with Crippen molar-refractivity contribution in [3.8, 4) is 0 Å². The van der Waals surface area contributed by atoms with Gasteiger partial charge in [0.2, 0.25) is 5.91 Å². The minimum atomic E-state index is -3.86. The lowest BCUT2D eigenvalue weighted by Crippen LogP contribution is -2.71. The highest BCUT2D eigenvalue weighted by Crippen LogP contribution is 2.38. The van der Waals surface area contributed by atoms with Crippen molar-refractivity contribution in [3.63, 3.8) is 0 Å². The molecule has 7 atom stereocenters. The Kier molecular flexibility index (Phi) is 9.09. The molecule has 2 unspecified atom stereocenters. The third kappa shape index (κ3) is 5.99. The number of nitrogens with zero attached hydrogens (tertiary/aromatic N) is 3. The fourth-order valence-corrected chi connectivity index (χ4v) is 3.06. The molecule has 1 aliphatic heterocycles. The van der Waals surface area contributed by atoms with Crippen LogP contribution in [0.2, 0.25) is 0 Å². The molecule has 31 heavy (non-hydrogen) atoms. The van der Waals surface area contributed by atoms with Gasteiger partial charge in [0.05, 0.1) is 25.8 Å². The zero-order valence-corrected chi connectivity index (χ0v) is 17.0. The summed E-state index contributed by atoms with van der Waals surface area (Å²) in [5.74, 6) is -8.49. The number of alkyl halides is 2. The summed E-state index contributed by atoms with van der Waals surface area (Å²) >= 11 is 0. The Balaban J connectivity index is 3.67. The molecule has 1 saturated heterocycles. The molecule has 0 bridgehead atoms. The molecule has 0 aliphatic carbocycles. The average molecular weight is 452 g/mol. The van der Waals surface area contributed by atoms with E-state index >= 15 is 4.39 Å². The Morgan fingerprint density at radius 1 is 1.26 bits per heavy atom. The van der Waals surface area contributed by atoms with E-state index in [0.29, 0.717) is 0 Å². The summed E-state index contributed by atoms with van der Waals surface area (Å²) in [7, 11) is 0.732. The summed E-state index contributed by atoms with van der Waals surface area (Å²) in [6.45, 7) is 1.88. The fourth-order valence-electron chi connectivity index (χ4n) is 3.06. The molecule has 1 fully saturated rings. The summed E-state index contributed by atoms with van der Waals surface area (Å²) in [6.07, 6.45) is -8.49. The molecular weight excluding hydrogens is 430 g/mol. The van der Waals surface area contributed by atoms with Crippen LogP contribution < -0.4 is 5.32 Å². The number of aliphatic hydroxyl groups excluding tert-OH is 1. The smallest absolute Gasteiger partial charge is 0.375 e. The van der Waals surface area contributed by atoms with Crippen molar-refractivity contribution in [2.24, 2.45) is 5.11 Å². The highest BCUT2D eigenvalue weighted by atomic mass is 19.2. The molecule has 13 nitrogen and oxygen atoms in total. The summed E-state index contributed by atoms with van der Waals surface area (Å²) in [4.78, 5) is 49.1. The van der Waals surface area contributed by atoms with Gasteiger partial charge in [0, 0.05) is 25.7 Å². The number of carbonyl (C=O) groups is 4. The fraction of sp³-hybridized carbons (Fsp3) is 0.750. The average Bonchev–Trinajstić information content (AvgIpc) is 2.68. The van der Waals surface area contributed by atoms with Crippen molar-refractivity contribution < 1.29 is 52.0 Å². The van der Waals surface area contributed by atoms with Gasteiger partial charge in [-0.25, -0.2) is 9.18 Å². The van der Waals surface area contributed by atoms with Crippen LogP contribution in [0.3, 0.4) is 0 Å². The van der Waals surface area contributed by atoms with Gasteiger partial charge < -0.3 is 29.4 Å². The van der Waals surface area contributed by atoms with E-state index in [2.05, 4.69) is 20.1 Å². The molecule has 0 radical (unpaired) electrons. The van der Waals surface area contributed by atoms with Crippen LogP contribution in [0, 0.1) is 0 Å². The highest BCUT2D eigenvalue weighted by Gasteiger charge is 2.64. The molecule has 0 spiro atoms. The van der Waals surface area contributed by atoms with Gasteiger partial charge in [-0.1, -0.05) is 5.11 Å². The Labute approximate surface area is 174 Å². The second kappa shape index (κ2) is 10.8. The molecule has 174 valence electrons. The lowest BCUT2D eigenvalue weighted by Gasteiger charge is -2.46. The van der Waals surface area contributed by atoms with Crippen molar-refractivity contribution in [2.75, 3.05) is 13.7 Å². The van der Waals surface area contributed by atoms with Crippen LogP contribution in [0.5, 0.6) is 0 Å². The van der Waals surface area contributed by atoms with E-state index < -0.39 is 72.8 Å². The number of esters is 3. The molecule has 15 heteroatoms. The van der Waals surface area contributed by atoms with Gasteiger partial charge in [-0.3, -0.25) is 14.4 Å². The number of methoxy groups -OCH3 is 1. The number of nitrogens with one attached hydrogen (secondary N) is 1. The molecule has 1 amide bonds. The number of ether oxygens (including phenoxy) is 4. The molecular formula is C16H22F2N4O9. The highest BCUT2D eigenvalue weighted by molar-refractivity contribution is 5.79. The Morgan fingerprint density at radius 3 is 2.26 bits per heavy atom. The first kappa shape index (κ1) is 26.0. The van der Waals surface area contributed by atoms with E-state index in [4.69, 9.17) is 19.7 Å². The Hall–Kier alpha value is -3.03. The first-order valence-corrected chi connectivity index (χ1v) is 8.78. The zero-order chi connectivity index (χ0) is 23.9. The van der Waals surface area contributed by atoms with E-state index in [1.54, 1.807) is 0 Å². The molecule has 2 N–H and O–H groups in total. The second-order valence-electron chi connectivity index (χ2n) is 6.45. The largest absolute Gasteiger partial charge is 0.465 e. The summed E-state index contributed by atoms with van der Waals surface area (Å²) in [5.41, 5.74) is 8.80. The maximum atomic E-state index is 15.3. The molecule has 1 heterocycles. The van der Waals surface area contributed by atoms with Crippen LogP contribution >= 0.6 is 0 Å². The number of hydrogen-bond donors (Lipinski definition) is 2. The van der Waals surface area contributed by atoms with Crippen LogP contribution in [0.15, 0.2) is 5.11 Å². The van der Waals surface area contributed by atoms with E-state index in [1.807, 2.05) is 0 Å². The van der Waals surface area contributed by atoms with E-state index in [0.717, 1.165) is 27.9 Å². The number of amides is 1. The van der Waals surface area contributed by atoms with Crippen molar-refractivity contribution in [2.45, 2.75) is 63.2 Å². The number of hydrogen-bond acceptors (Lipinski definition) is 10. The van der Waals surface area contributed by atoms with Gasteiger partial charge >= 0.3 is 23.8 Å². The van der Waals surface area contributed by atoms with Crippen LogP contribution in [0.4, 0.5) is 8.78 Å². The topological polar surface area (TPSA) is 186 Å². The minimum absolute atomic E-state index is 0.732. The maximum absolute atomic E-state index is 15.3. The zero-order valence-electron chi connectivity index (χ0n) is 17.0. The number of rotatable bonds is 8. The van der Waals surface area contributed by atoms with Gasteiger partial charge in [-0.15, -0.1) is 0 Å². The standard InChI is InChI=1S/C16H22F2N4O9/c1-6(24)20-10-11(21-22-19)14(17)16(18,15(27)28-4)31-13(10)12(30-8(3)26)9(5-23)29-7(2)25/h9-14,23H,5H2,1-4H3,(H,20,24)/t9-,10-,11?,12-,13?,14+,16-/m1/s1. The number of azide groups is 1. The molecule has 1 rings (SSSR count). The second-order valence-corrected chi connectivity index (χ2v) is 6.45. The van der Waals surface area contributed by atoms with Crippen molar-refractivity contribution in [3.05, 3.63) is 10.4 Å². The molecule has 0 aromatic rings.